The first kappa shape index (κ1) is 49.0. The van der Waals surface area contributed by atoms with Gasteiger partial charge in [0.25, 0.3) is 0 Å². The van der Waals surface area contributed by atoms with Crippen molar-refractivity contribution in [2.45, 2.75) is 226 Å². The molecule has 51 heavy (non-hydrogen) atoms. The molecule has 0 aromatic carbocycles. The summed E-state index contributed by atoms with van der Waals surface area (Å²) in [5.41, 5.74) is 6.68. The maximum absolute atomic E-state index is 6.30. The maximum Gasteiger partial charge on any atom is -0.00745 e. The molecule has 1 aliphatic carbocycles. The molecule has 1 nitrogen and oxygen atoms in total. The molecule has 0 aromatic rings. The van der Waals surface area contributed by atoms with Gasteiger partial charge in [-0.3, -0.25) is 0 Å². The van der Waals surface area contributed by atoms with Gasteiger partial charge >= 0.3 is 0 Å². The minimum Gasteiger partial charge on any atom is -0.330 e. The van der Waals surface area contributed by atoms with Crippen LogP contribution in [0.2, 0.25) is 0 Å². The summed E-state index contributed by atoms with van der Waals surface area (Å²) in [5, 5.41) is 0. The van der Waals surface area contributed by atoms with Crippen LogP contribution in [0.4, 0.5) is 0 Å². The lowest BCUT2D eigenvalue weighted by molar-refractivity contribution is 0.0386. The molecule has 1 heteroatoms. The van der Waals surface area contributed by atoms with Crippen LogP contribution in [0.3, 0.4) is 0 Å². The smallest absolute Gasteiger partial charge is 0.00745 e. The average Bonchev–Trinajstić information content (AvgIpc) is 3.09. The molecule has 0 heterocycles. The zero-order chi connectivity index (χ0) is 38.7. The lowest BCUT2D eigenvalue weighted by atomic mass is 9.60. The van der Waals surface area contributed by atoms with Crippen LogP contribution in [0.25, 0.3) is 0 Å². The van der Waals surface area contributed by atoms with Gasteiger partial charge in [0.05, 0.1) is 0 Å². The van der Waals surface area contributed by atoms with E-state index in [1.165, 1.54) is 122 Å². The Bertz CT molecular complexity index is 831. The molecule has 306 valence electrons. The fourth-order valence-electron chi connectivity index (χ4n) is 11.7. The highest BCUT2D eigenvalue weighted by Crippen LogP contribution is 2.48. The van der Waals surface area contributed by atoms with E-state index in [4.69, 9.17) is 5.73 Å². The summed E-state index contributed by atoms with van der Waals surface area (Å²) in [5.74, 6) is 11.4. The molecule has 14 atom stereocenters. The quantitative estimate of drug-likeness (QED) is 0.159. The monoisotopic (exact) mass is 716 g/mol. The molecule has 1 rings (SSSR count). The van der Waals surface area contributed by atoms with Crippen LogP contribution in [0, 0.1) is 88.3 Å². The fraction of sp³-hybridized carbons (Fsp3) is 1.00. The average molecular weight is 716 g/mol. The standard InChI is InChI=1S/C50H101N/c1-16-20-24-38(7)43(12)39(8)30-31-47-35-36(5)23-21-25-45(22-17-2)34-37(6)26-27-40(9)48(46(18-3)32-33-51)41(10)28-29-42(11)49(47)44(13)50(14,15)19-4/h36-49H,16-35,51H2,1-15H3. The van der Waals surface area contributed by atoms with Gasteiger partial charge < -0.3 is 5.73 Å². The molecule has 0 radical (unpaired) electrons. The van der Waals surface area contributed by atoms with Crippen molar-refractivity contribution >= 4 is 0 Å². The Balaban J connectivity index is 3.58. The van der Waals surface area contributed by atoms with Crippen LogP contribution in [0.1, 0.15) is 226 Å². The van der Waals surface area contributed by atoms with Crippen molar-refractivity contribution in [2.75, 3.05) is 6.54 Å². The van der Waals surface area contributed by atoms with Gasteiger partial charge in [-0.2, -0.15) is 0 Å². The first-order chi connectivity index (χ1) is 24.1. The topological polar surface area (TPSA) is 26.0 Å². The highest BCUT2D eigenvalue weighted by Gasteiger charge is 2.40. The molecule has 1 fully saturated rings. The van der Waals surface area contributed by atoms with Crippen molar-refractivity contribution in [1.29, 1.82) is 0 Å². The summed E-state index contributed by atoms with van der Waals surface area (Å²) in [7, 11) is 0. The van der Waals surface area contributed by atoms with Crippen molar-refractivity contribution in [3.63, 3.8) is 0 Å². The van der Waals surface area contributed by atoms with E-state index in [-0.39, 0.29) is 0 Å². The summed E-state index contributed by atoms with van der Waals surface area (Å²) in [6.45, 7) is 39.4. The molecule has 2 N–H and O–H groups in total. The molecule has 1 saturated carbocycles. The number of nitrogens with two attached hydrogens (primary N) is 1. The summed E-state index contributed by atoms with van der Waals surface area (Å²) in [6, 6.07) is 0. The largest absolute Gasteiger partial charge is 0.330 e. The van der Waals surface area contributed by atoms with Gasteiger partial charge in [-0.25, -0.2) is 0 Å². The van der Waals surface area contributed by atoms with Crippen molar-refractivity contribution in [2.24, 2.45) is 94.0 Å². The van der Waals surface area contributed by atoms with E-state index in [0.29, 0.717) is 5.41 Å². The van der Waals surface area contributed by atoms with Crippen LogP contribution in [-0.4, -0.2) is 6.54 Å². The minimum absolute atomic E-state index is 0.381. The van der Waals surface area contributed by atoms with E-state index >= 15 is 0 Å². The molecular formula is C50H101N. The number of rotatable bonds is 17. The van der Waals surface area contributed by atoms with E-state index in [1.54, 1.807) is 0 Å². The third kappa shape index (κ3) is 17.1. The molecule has 0 saturated heterocycles. The molecule has 0 aliphatic heterocycles. The van der Waals surface area contributed by atoms with Crippen molar-refractivity contribution < 1.29 is 0 Å². The third-order valence-corrected chi connectivity index (χ3v) is 16.3. The summed E-state index contributed by atoms with van der Waals surface area (Å²) in [4.78, 5) is 0. The zero-order valence-corrected chi connectivity index (χ0v) is 38.3. The van der Waals surface area contributed by atoms with Gasteiger partial charge in [-0.1, -0.05) is 200 Å². The Morgan fingerprint density at radius 3 is 1.75 bits per heavy atom. The van der Waals surface area contributed by atoms with Gasteiger partial charge in [-0.15, -0.1) is 0 Å². The fourth-order valence-corrected chi connectivity index (χ4v) is 11.7. The minimum atomic E-state index is 0.381. The van der Waals surface area contributed by atoms with Crippen molar-refractivity contribution in [3.05, 3.63) is 0 Å². The molecule has 0 amide bonds. The number of unbranched alkanes of at least 4 members (excludes halogenated alkanes) is 1. The van der Waals surface area contributed by atoms with Crippen LogP contribution in [-0.2, 0) is 0 Å². The lowest BCUT2D eigenvalue weighted by Gasteiger charge is -2.45. The molecule has 14 unspecified atom stereocenters. The van der Waals surface area contributed by atoms with Crippen LogP contribution >= 0.6 is 0 Å². The second-order valence-electron chi connectivity index (χ2n) is 20.7. The van der Waals surface area contributed by atoms with Crippen molar-refractivity contribution in [3.8, 4) is 0 Å². The predicted molar refractivity (Wildman–Crippen MR) is 233 cm³/mol. The number of hydrogen-bond acceptors (Lipinski definition) is 1. The van der Waals surface area contributed by atoms with E-state index in [0.717, 1.165) is 89.4 Å². The Morgan fingerprint density at radius 1 is 0.627 bits per heavy atom. The third-order valence-electron chi connectivity index (χ3n) is 16.3. The van der Waals surface area contributed by atoms with E-state index in [2.05, 4.69) is 104 Å². The van der Waals surface area contributed by atoms with Gasteiger partial charge in [0.1, 0.15) is 0 Å². The summed E-state index contributed by atoms with van der Waals surface area (Å²) in [6.07, 6.45) is 26.4. The normalized spacial score (nSPS) is 33.1. The summed E-state index contributed by atoms with van der Waals surface area (Å²) < 4.78 is 0. The summed E-state index contributed by atoms with van der Waals surface area (Å²) >= 11 is 0. The molecule has 0 aromatic heterocycles. The van der Waals surface area contributed by atoms with Crippen LogP contribution < -0.4 is 5.73 Å². The Hall–Kier alpha value is -0.0400. The molecule has 0 bridgehead atoms. The van der Waals surface area contributed by atoms with Crippen LogP contribution in [0.15, 0.2) is 0 Å². The molecular weight excluding hydrogens is 615 g/mol. The van der Waals surface area contributed by atoms with E-state index in [9.17, 15) is 0 Å². The number of hydrogen-bond donors (Lipinski definition) is 1. The van der Waals surface area contributed by atoms with Crippen molar-refractivity contribution in [1.82, 2.24) is 0 Å². The highest BCUT2D eigenvalue weighted by atomic mass is 14.5. The molecule has 1 aliphatic rings. The van der Waals surface area contributed by atoms with Gasteiger partial charge in [0.2, 0.25) is 0 Å². The molecule has 0 spiro atoms. The highest BCUT2D eigenvalue weighted by molar-refractivity contribution is 4.89. The van der Waals surface area contributed by atoms with Gasteiger partial charge in [-0.05, 0) is 120 Å². The predicted octanol–water partition coefficient (Wildman–Crippen LogP) is 16.3. The first-order valence-electron chi connectivity index (χ1n) is 23.8. The lowest BCUT2D eigenvalue weighted by Crippen LogP contribution is -2.38. The Kier molecular flexibility index (Phi) is 24.9. The Morgan fingerprint density at radius 2 is 1.20 bits per heavy atom. The van der Waals surface area contributed by atoms with E-state index in [1.807, 2.05) is 0 Å². The maximum atomic E-state index is 6.30. The Labute approximate surface area is 325 Å². The van der Waals surface area contributed by atoms with E-state index < -0.39 is 0 Å². The SMILES string of the molecule is CCCCC(C)C(C)C(C)CCC1CC(C)CCCC(CCC)CC(C)CCC(C)C(C(CC)CCN)C(C)CCC(C)C1C(C)C(C)(C)CC. The second kappa shape index (κ2) is 25.9. The zero-order valence-electron chi connectivity index (χ0n) is 38.3. The van der Waals surface area contributed by atoms with Gasteiger partial charge in [0.15, 0.2) is 0 Å². The second-order valence-corrected chi connectivity index (χ2v) is 20.7. The first-order valence-corrected chi connectivity index (χ1v) is 23.8. The van der Waals surface area contributed by atoms with Crippen LogP contribution in [0.5, 0.6) is 0 Å². The van der Waals surface area contributed by atoms with Gasteiger partial charge in [0, 0.05) is 0 Å².